The maximum atomic E-state index is 12.8. The molecule has 3 rings (SSSR count). The van der Waals surface area contributed by atoms with E-state index in [1.54, 1.807) is 12.1 Å². The quantitative estimate of drug-likeness (QED) is 0.807. The Morgan fingerprint density at radius 1 is 0.917 bits per heavy atom. The minimum Gasteiger partial charge on any atom is -0.368 e. The molecule has 0 N–H and O–H groups in total. The lowest BCUT2D eigenvalue weighted by Gasteiger charge is -2.35. The number of halogens is 2. The Kier molecular flexibility index (Phi) is 5.06. The molecule has 1 aliphatic heterocycles. The van der Waals surface area contributed by atoms with Crippen molar-refractivity contribution in [1.29, 1.82) is 0 Å². The van der Waals surface area contributed by atoms with Gasteiger partial charge in [0.15, 0.2) is 0 Å². The average molecular weight is 385 g/mol. The van der Waals surface area contributed by atoms with E-state index in [1.807, 2.05) is 31.2 Å². The van der Waals surface area contributed by atoms with Gasteiger partial charge in [0.1, 0.15) is 0 Å². The summed E-state index contributed by atoms with van der Waals surface area (Å²) in [6.07, 6.45) is 0. The normalized spacial score (nSPS) is 16.4. The van der Waals surface area contributed by atoms with Gasteiger partial charge in [-0.3, -0.25) is 0 Å². The van der Waals surface area contributed by atoms with E-state index in [1.165, 1.54) is 10.4 Å². The van der Waals surface area contributed by atoms with Gasteiger partial charge in [-0.05, 0) is 36.8 Å². The van der Waals surface area contributed by atoms with Gasteiger partial charge in [-0.15, -0.1) is 0 Å². The summed E-state index contributed by atoms with van der Waals surface area (Å²) in [5, 5.41) is 1.14. The summed E-state index contributed by atoms with van der Waals surface area (Å²) >= 11 is 12.3. The summed E-state index contributed by atoms with van der Waals surface area (Å²) in [4.78, 5) is 2.35. The van der Waals surface area contributed by atoms with E-state index in [9.17, 15) is 8.42 Å². The van der Waals surface area contributed by atoms with Crippen LogP contribution in [-0.4, -0.2) is 38.9 Å². The third-order valence-corrected chi connectivity index (χ3v) is 6.83. The van der Waals surface area contributed by atoms with Gasteiger partial charge in [-0.1, -0.05) is 41.4 Å². The minimum atomic E-state index is -3.53. The highest BCUT2D eigenvalue weighted by Gasteiger charge is 2.29. The van der Waals surface area contributed by atoms with Crippen LogP contribution in [0.15, 0.2) is 47.4 Å². The zero-order valence-electron chi connectivity index (χ0n) is 13.2. The van der Waals surface area contributed by atoms with E-state index in [4.69, 9.17) is 23.2 Å². The monoisotopic (exact) mass is 384 g/mol. The standard InChI is InChI=1S/C17H18Cl2N2O2S/c1-13-6-7-14(12-16(13)19)24(22,23)21-10-8-20(9-11-21)17-5-3-2-4-15(17)18/h2-7,12H,8-11H2,1H3. The van der Waals surface area contributed by atoms with Crippen molar-refractivity contribution in [3.05, 3.63) is 58.1 Å². The molecule has 1 fully saturated rings. The van der Waals surface area contributed by atoms with Gasteiger partial charge in [0.05, 0.1) is 15.6 Å². The highest BCUT2D eigenvalue weighted by atomic mass is 35.5. The number of hydrogen-bond acceptors (Lipinski definition) is 3. The lowest BCUT2D eigenvalue weighted by atomic mass is 10.2. The van der Waals surface area contributed by atoms with Gasteiger partial charge >= 0.3 is 0 Å². The van der Waals surface area contributed by atoms with Crippen LogP contribution in [-0.2, 0) is 10.0 Å². The Labute approximate surface area is 152 Å². The van der Waals surface area contributed by atoms with Crippen LogP contribution in [0.5, 0.6) is 0 Å². The molecule has 2 aromatic carbocycles. The second kappa shape index (κ2) is 6.92. The zero-order chi connectivity index (χ0) is 17.3. The predicted octanol–water partition coefficient (Wildman–Crippen LogP) is 3.81. The molecule has 7 heteroatoms. The first kappa shape index (κ1) is 17.5. The number of sulfonamides is 1. The number of rotatable bonds is 3. The maximum absolute atomic E-state index is 12.8. The Balaban J connectivity index is 1.76. The van der Waals surface area contributed by atoms with Crippen LogP contribution in [0.2, 0.25) is 10.0 Å². The number of anilines is 1. The summed E-state index contributed by atoms with van der Waals surface area (Å²) in [7, 11) is -3.53. The third-order valence-electron chi connectivity index (χ3n) is 4.21. The molecule has 2 aromatic rings. The Hall–Kier alpha value is -1.27. The summed E-state index contributed by atoms with van der Waals surface area (Å²) < 4.78 is 27.1. The van der Waals surface area contributed by atoms with Crippen LogP contribution in [0.1, 0.15) is 5.56 Å². The zero-order valence-corrected chi connectivity index (χ0v) is 15.6. The number of piperazine rings is 1. The van der Waals surface area contributed by atoms with E-state index in [-0.39, 0.29) is 4.90 Å². The summed E-state index contributed by atoms with van der Waals surface area (Å²) in [5.41, 5.74) is 1.80. The van der Waals surface area contributed by atoms with Gasteiger partial charge in [0.2, 0.25) is 10.0 Å². The lowest BCUT2D eigenvalue weighted by Crippen LogP contribution is -2.48. The molecule has 0 aliphatic carbocycles. The van der Waals surface area contributed by atoms with Crippen molar-refractivity contribution in [1.82, 2.24) is 4.31 Å². The first-order chi connectivity index (χ1) is 11.4. The van der Waals surface area contributed by atoms with E-state index < -0.39 is 10.0 Å². The molecule has 0 aromatic heterocycles. The molecular weight excluding hydrogens is 367 g/mol. The Bertz CT molecular complexity index is 847. The molecule has 0 unspecified atom stereocenters. The van der Waals surface area contributed by atoms with E-state index in [0.29, 0.717) is 36.2 Å². The van der Waals surface area contributed by atoms with Crippen LogP contribution in [0.3, 0.4) is 0 Å². The van der Waals surface area contributed by atoms with Crippen molar-refractivity contribution in [3.8, 4) is 0 Å². The van der Waals surface area contributed by atoms with Crippen LogP contribution in [0.4, 0.5) is 5.69 Å². The number of benzene rings is 2. The summed E-state index contributed by atoms with van der Waals surface area (Å²) in [6.45, 7) is 3.88. The van der Waals surface area contributed by atoms with Crippen molar-refractivity contribution >= 4 is 38.9 Å². The number of para-hydroxylation sites is 1. The number of nitrogens with zero attached hydrogens (tertiary/aromatic N) is 2. The fourth-order valence-electron chi connectivity index (χ4n) is 2.76. The summed E-state index contributed by atoms with van der Waals surface area (Å²) in [5.74, 6) is 0. The molecule has 4 nitrogen and oxygen atoms in total. The molecule has 0 radical (unpaired) electrons. The minimum absolute atomic E-state index is 0.240. The van der Waals surface area contributed by atoms with Gasteiger partial charge < -0.3 is 4.90 Å². The molecule has 128 valence electrons. The van der Waals surface area contributed by atoms with Crippen molar-refractivity contribution in [2.24, 2.45) is 0 Å². The van der Waals surface area contributed by atoms with Crippen LogP contribution < -0.4 is 4.90 Å². The number of hydrogen-bond donors (Lipinski definition) is 0. The van der Waals surface area contributed by atoms with Gasteiger partial charge in [0.25, 0.3) is 0 Å². The average Bonchev–Trinajstić information content (AvgIpc) is 2.58. The van der Waals surface area contributed by atoms with E-state index in [2.05, 4.69) is 4.90 Å². The van der Waals surface area contributed by atoms with Gasteiger partial charge in [0, 0.05) is 31.2 Å². The predicted molar refractivity (Wildman–Crippen MR) is 98.6 cm³/mol. The fraction of sp³-hybridized carbons (Fsp3) is 0.294. The van der Waals surface area contributed by atoms with Crippen molar-refractivity contribution in [3.63, 3.8) is 0 Å². The first-order valence-electron chi connectivity index (χ1n) is 7.65. The molecule has 0 amide bonds. The van der Waals surface area contributed by atoms with Crippen LogP contribution >= 0.6 is 23.2 Å². The molecule has 0 atom stereocenters. The molecule has 0 bridgehead atoms. The van der Waals surface area contributed by atoms with Gasteiger partial charge in [-0.25, -0.2) is 8.42 Å². The molecule has 0 spiro atoms. The van der Waals surface area contributed by atoms with Crippen molar-refractivity contribution < 1.29 is 8.42 Å². The highest BCUT2D eigenvalue weighted by Crippen LogP contribution is 2.28. The van der Waals surface area contributed by atoms with E-state index in [0.717, 1.165) is 11.3 Å². The maximum Gasteiger partial charge on any atom is 0.243 e. The highest BCUT2D eigenvalue weighted by molar-refractivity contribution is 7.89. The fourth-order valence-corrected chi connectivity index (χ4v) is 4.71. The Morgan fingerprint density at radius 3 is 2.21 bits per heavy atom. The summed E-state index contributed by atoms with van der Waals surface area (Å²) in [6, 6.07) is 12.5. The van der Waals surface area contributed by atoms with E-state index >= 15 is 0 Å². The third kappa shape index (κ3) is 3.40. The molecule has 1 aliphatic rings. The first-order valence-corrected chi connectivity index (χ1v) is 9.85. The molecule has 24 heavy (non-hydrogen) atoms. The lowest BCUT2D eigenvalue weighted by molar-refractivity contribution is 0.385. The largest absolute Gasteiger partial charge is 0.368 e. The topological polar surface area (TPSA) is 40.6 Å². The van der Waals surface area contributed by atoms with Gasteiger partial charge in [-0.2, -0.15) is 4.31 Å². The Morgan fingerprint density at radius 2 is 1.58 bits per heavy atom. The molecule has 0 saturated carbocycles. The smallest absolute Gasteiger partial charge is 0.243 e. The van der Waals surface area contributed by atoms with Crippen molar-refractivity contribution in [2.45, 2.75) is 11.8 Å². The molecule has 1 heterocycles. The second-order valence-electron chi connectivity index (χ2n) is 5.75. The molecular formula is C17H18Cl2N2O2S. The van der Waals surface area contributed by atoms with Crippen molar-refractivity contribution in [2.75, 3.05) is 31.1 Å². The molecule has 1 saturated heterocycles. The SMILES string of the molecule is Cc1ccc(S(=O)(=O)N2CCN(c3ccccc3Cl)CC2)cc1Cl. The van der Waals surface area contributed by atoms with Crippen LogP contribution in [0.25, 0.3) is 0 Å². The second-order valence-corrected chi connectivity index (χ2v) is 8.51. The van der Waals surface area contributed by atoms with Crippen LogP contribution in [0, 0.1) is 6.92 Å². The number of aryl methyl sites for hydroxylation is 1.